The molecule has 0 aromatic heterocycles. The van der Waals surface area contributed by atoms with Crippen LogP contribution in [0.5, 0.6) is 0 Å². The molecule has 6 heteroatoms. The van der Waals surface area contributed by atoms with E-state index in [1.807, 2.05) is 109 Å². The molecule has 0 bridgehead atoms. The summed E-state index contributed by atoms with van der Waals surface area (Å²) in [7, 11) is 0. The lowest BCUT2D eigenvalue weighted by Gasteiger charge is -2.18. The standard InChI is InChI=1S/C62H92O6/c1-4-7-10-13-16-19-22-25-27-29-31-33-34-37-40-43-46-49-52-55-61(64)67-58-59(57-66-60(63)54-51-48-45-42-39-36-24-21-18-15-12-9-6-3)68-62(65)56-53-50-47-44-41-38-35-32-30-28-26-23-20-17-14-11-8-5-2/h7,9-10,12-13,15-16,18-19,21-37,39-40,59H,4-6,8,11,14,17,20,38,41-58H2,1-3H3/b10-7+,12-9+,16-13+,18-15+,22-19+,24-21+,26-23+,27-25+,30-28+,31-29+,34-33+,35-32+,39-36+,40-37+. The topological polar surface area (TPSA) is 78.9 Å². The zero-order valence-electron chi connectivity index (χ0n) is 42.8. The van der Waals surface area contributed by atoms with Gasteiger partial charge >= 0.3 is 17.9 Å². The van der Waals surface area contributed by atoms with Gasteiger partial charge in [0.15, 0.2) is 6.10 Å². The van der Waals surface area contributed by atoms with Crippen molar-refractivity contribution in [1.82, 2.24) is 0 Å². The highest BCUT2D eigenvalue weighted by Gasteiger charge is 2.19. The number of hydrogen-bond acceptors (Lipinski definition) is 6. The Bertz CT molecular complexity index is 1640. The summed E-state index contributed by atoms with van der Waals surface area (Å²) in [6.45, 7) is 6.21. The van der Waals surface area contributed by atoms with Crippen LogP contribution in [0, 0.1) is 0 Å². The van der Waals surface area contributed by atoms with Crippen molar-refractivity contribution in [2.24, 2.45) is 0 Å². The van der Waals surface area contributed by atoms with Crippen LogP contribution in [0.1, 0.15) is 181 Å². The van der Waals surface area contributed by atoms with Gasteiger partial charge in [0, 0.05) is 19.3 Å². The average Bonchev–Trinajstić information content (AvgIpc) is 3.34. The normalized spacial score (nSPS) is 13.5. The van der Waals surface area contributed by atoms with Gasteiger partial charge in [0.2, 0.25) is 0 Å². The van der Waals surface area contributed by atoms with Gasteiger partial charge in [-0.25, -0.2) is 0 Å². The quantitative estimate of drug-likeness (QED) is 0.0262. The maximum absolute atomic E-state index is 12.8. The summed E-state index contributed by atoms with van der Waals surface area (Å²) in [5.41, 5.74) is 0. The number of esters is 3. The summed E-state index contributed by atoms with van der Waals surface area (Å²) in [4.78, 5) is 38.0. The zero-order chi connectivity index (χ0) is 49.3. The van der Waals surface area contributed by atoms with Crippen LogP contribution >= 0.6 is 0 Å². The maximum Gasteiger partial charge on any atom is 0.306 e. The second kappa shape index (κ2) is 54.4. The largest absolute Gasteiger partial charge is 0.462 e. The molecular formula is C62H92O6. The van der Waals surface area contributed by atoms with E-state index in [9.17, 15) is 14.4 Å². The third-order valence-corrected chi connectivity index (χ3v) is 10.3. The Labute approximate surface area is 415 Å². The minimum Gasteiger partial charge on any atom is -0.462 e. The summed E-state index contributed by atoms with van der Waals surface area (Å²) in [5.74, 6) is -1.05. The van der Waals surface area contributed by atoms with Crippen molar-refractivity contribution >= 4 is 17.9 Å². The monoisotopic (exact) mass is 933 g/mol. The third kappa shape index (κ3) is 51.7. The fraction of sp³-hybridized carbons (Fsp3) is 0.500. The van der Waals surface area contributed by atoms with Crippen LogP contribution in [0.4, 0.5) is 0 Å². The van der Waals surface area contributed by atoms with E-state index in [4.69, 9.17) is 14.2 Å². The number of ether oxygens (including phenoxy) is 3. The lowest BCUT2D eigenvalue weighted by Crippen LogP contribution is -2.30. The number of allylic oxidation sites excluding steroid dienone is 28. The van der Waals surface area contributed by atoms with Crippen molar-refractivity contribution < 1.29 is 28.6 Å². The molecule has 0 aliphatic rings. The predicted molar refractivity (Wildman–Crippen MR) is 292 cm³/mol. The second-order valence-electron chi connectivity index (χ2n) is 16.7. The van der Waals surface area contributed by atoms with E-state index < -0.39 is 6.10 Å². The van der Waals surface area contributed by atoms with Gasteiger partial charge in [-0.3, -0.25) is 14.4 Å². The van der Waals surface area contributed by atoms with Gasteiger partial charge in [-0.2, -0.15) is 0 Å². The molecule has 0 spiro atoms. The molecule has 0 rings (SSSR count). The first-order valence-corrected chi connectivity index (χ1v) is 26.3. The van der Waals surface area contributed by atoms with Crippen molar-refractivity contribution in [3.63, 3.8) is 0 Å². The summed E-state index contributed by atoms with van der Waals surface area (Å²) in [6.07, 6.45) is 80.4. The molecule has 0 aliphatic carbocycles. The fourth-order valence-electron chi connectivity index (χ4n) is 6.38. The molecular weight excluding hydrogens is 841 g/mol. The molecule has 1 atom stereocenters. The maximum atomic E-state index is 12.8. The number of unbranched alkanes of at least 4 members (excludes halogenated alkanes) is 16. The van der Waals surface area contributed by atoms with Gasteiger partial charge in [-0.1, -0.05) is 249 Å². The van der Waals surface area contributed by atoms with Crippen LogP contribution < -0.4 is 0 Å². The molecule has 6 nitrogen and oxygen atoms in total. The van der Waals surface area contributed by atoms with E-state index in [1.165, 1.54) is 32.1 Å². The Morgan fingerprint density at radius 2 is 0.574 bits per heavy atom. The van der Waals surface area contributed by atoms with E-state index in [2.05, 4.69) is 81.5 Å². The molecule has 376 valence electrons. The van der Waals surface area contributed by atoms with Gasteiger partial charge in [-0.05, 0) is 83.5 Å². The van der Waals surface area contributed by atoms with Crippen LogP contribution in [-0.2, 0) is 28.6 Å². The Morgan fingerprint density at radius 3 is 0.912 bits per heavy atom. The fourth-order valence-corrected chi connectivity index (χ4v) is 6.38. The van der Waals surface area contributed by atoms with Crippen LogP contribution in [0.15, 0.2) is 170 Å². The minimum atomic E-state index is -0.834. The first-order chi connectivity index (χ1) is 33.5. The molecule has 0 heterocycles. The number of hydrogen-bond donors (Lipinski definition) is 0. The number of carbonyl (C=O) groups excluding carboxylic acids is 3. The molecule has 0 aromatic carbocycles. The molecule has 0 saturated carbocycles. The van der Waals surface area contributed by atoms with Crippen LogP contribution in [0.2, 0.25) is 0 Å². The minimum absolute atomic E-state index is 0.131. The Kier molecular flexibility index (Phi) is 50.2. The molecule has 1 unspecified atom stereocenters. The van der Waals surface area contributed by atoms with E-state index >= 15 is 0 Å². The molecule has 0 aliphatic heterocycles. The van der Waals surface area contributed by atoms with Crippen molar-refractivity contribution in [3.8, 4) is 0 Å². The molecule has 0 aromatic rings. The molecule has 0 N–H and O–H groups in total. The first-order valence-electron chi connectivity index (χ1n) is 26.3. The third-order valence-electron chi connectivity index (χ3n) is 10.3. The predicted octanol–water partition coefficient (Wildman–Crippen LogP) is 17.6. The average molecular weight is 933 g/mol. The number of rotatable bonds is 44. The van der Waals surface area contributed by atoms with Crippen LogP contribution in [-0.4, -0.2) is 37.2 Å². The molecule has 0 amide bonds. The first kappa shape index (κ1) is 62.8. The van der Waals surface area contributed by atoms with E-state index in [-0.39, 0.29) is 50.4 Å². The van der Waals surface area contributed by atoms with Crippen LogP contribution in [0.3, 0.4) is 0 Å². The summed E-state index contributed by atoms with van der Waals surface area (Å²) in [6, 6.07) is 0. The van der Waals surface area contributed by atoms with Crippen molar-refractivity contribution in [2.45, 2.75) is 187 Å². The van der Waals surface area contributed by atoms with Crippen LogP contribution in [0.25, 0.3) is 0 Å². The lowest BCUT2D eigenvalue weighted by molar-refractivity contribution is -0.167. The van der Waals surface area contributed by atoms with Gasteiger partial charge < -0.3 is 14.2 Å². The van der Waals surface area contributed by atoms with Gasteiger partial charge in [-0.15, -0.1) is 0 Å². The zero-order valence-corrected chi connectivity index (χ0v) is 42.8. The van der Waals surface area contributed by atoms with Crippen molar-refractivity contribution in [3.05, 3.63) is 170 Å². The molecule has 0 fully saturated rings. The molecule has 68 heavy (non-hydrogen) atoms. The smallest absolute Gasteiger partial charge is 0.306 e. The SMILES string of the molecule is CC/C=C/C=C/C=C/C=C/C=C/C=C/C=C/CCCCCC(=O)OCC(COC(=O)CCCCC/C=C/C=C/C=C/C=C/CC)OC(=O)CCCCCCC/C=C/C=C/C=C/CCCCCCC. The Hall–Kier alpha value is -5.23. The lowest BCUT2D eigenvalue weighted by atomic mass is 10.1. The van der Waals surface area contributed by atoms with E-state index in [0.29, 0.717) is 6.42 Å². The summed E-state index contributed by atoms with van der Waals surface area (Å²) >= 11 is 0. The highest BCUT2D eigenvalue weighted by atomic mass is 16.6. The molecule has 0 radical (unpaired) electrons. The highest BCUT2D eigenvalue weighted by molar-refractivity contribution is 5.71. The van der Waals surface area contributed by atoms with Crippen molar-refractivity contribution in [1.29, 1.82) is 0 Å². The molecule has 0 saturated heterocycles. The highest BCUT2D eigenvalue weighted by Crippen LogP contribution is 2.12. The van der Waals surface area contributed by atoms with Crippen molar-refractivity contribution in [2.75, 3.05) is 13.2 Å². The number of carbonyl (C=O) groups is 3. The van der Waals surface area contributed by atoms with Gasteiger partial charge in [0.1, 0.15) is 13.2 Å². The Morgan fingerprint density at radius 1 is 0.309 bits per heavy atom. The van der Waals surface area contributed by atoms with E-state index in [0.717, 1.165) is 103 Å². The van der Waals surface area contributed by atoms with E-state index in [1.54, 1.807) is 0 Å². The summed E-state index contributed by atoms with van der Waals surface area (Å²) in [5, 5.41) is 0. The summed E-state index contributed by atoms with van der Waals surface area (Å²) < 4.78 is 16.7. The second-order valence-corrected chi connectivity index (χ2v) is 16.7. The van der Waals surface area contributed by atoms with Gasteiger partial charge in [0.25, 0.3) is 0 Å². The van der Waals surface area contributed by atoms with Gasteiger partial charge in [0.05, 0.1) is 0 Å². The Balaban J connectivity index is 4.63.